The van der Waals surface area contributed by atoms with Crippen LogP contribution in [0.25, 0.3) is 0 Å². The van der Waals surface area contributed by atoms with Crippen molar-refractivity contribution in [2.75, 3.05) is 38.0 Å². The normalized spacial score (nSPS) is 15.8. The predicted octanol–water partition coefficient (Wildman–Crippen LogP) is 2.90. The average molecular weight is 434 g/mol. The molecule has 6 nitrogen and oxygen atoms in total. The molecule has 0 radical (unpaired) electrons. The summed E-state index contributed by atoms with van der Waals surface area (Å²) in [5.74, 6) is -0.864. The summed E-state index contributed by atoms with van der Waals surface area (Å²) in [6, 6.07) is 11.4. The van der Waals surface area contributed by atoms with Crippen molar-refractivity contribution in [1.82, 2.24) is 9.21 Å². The van der Waals surface area contributed by atoms with Gasteiger partial charge in [-0.15, -0.1) is 0 Å². The van der Waals surface area contributed by atoms with E-state index in [0.29, 0.717) is 13.1 Å². The molecule has 1 saturated heterocycles. The Kier molecular flexibility index (Phi) is 7.23. The third-order valence-electron chi connectivity index (χ3n) is 5.42. The van der Waals surface area contributed by atoms with E-state index in [4.69, 9.17) is 0 Å². The second kappa shape index (κ2) is 9.68. The molecule has 8 heteroatoms. The zero-order valence-electron chi connectivity index (χ0n) is 17.4. The van der Waals surface area contributed by atoms with Gasteiger partial charge in [-0.05, 0) is 36.1 Å². The maximum absolute atomic E-state index is 14.0. The molecule has 0 aliphatic carbocycles. The first-order valence-corrected chi connectivity index (χ1v) is 11.7. The minimum absolute atomic E-state index is 0.115. The van der Waals surface area contributed by atoms with Gasteiger partial charge in [-0.2, -0.15) is 4.31 Å². The SMILES string of the molecule is CCc1cccc(CC)c1NC(=O)CN1CCN(S(=O)(=O)c2ccccc2F)CC1. The van der Waals surface area contributed by atoms with Gasteiger partial charge in [0.1, 0.15) is 10.7 Å². The first kappa shape index (κ1) is 22.4. The van der Waals surface area contributed by atoms with Gasteiger partial charge in [0.2, 0.25) is 15.9 Å². The lowest BCUT2D eigenvalue weighted by atomic mass is 10.0. The number of amides is 1. The molecule has 0 saturated carbocycles. The maximum Gasteiger partial charge on any atom is 0.246 e. The van der Waals surface area contributed by atoms with Gasteiger partial charge < -0.3 is 5.32 Å². The van der Waals surface area contributed by atoms with Crippen molar-refractivity contribution in [2.45, 2.75) is 31.6 Å². The number of nitrogens with one attached hydrogen (secondary N) is 1. The highest BCUT2D eigenvalue weighted by atomic mass is 32.2. The van der Waals surface area contributed by atoms with Crippen LogP contribution in [0.4, 0.5) is 10.1 Å². The Morgan fingerprint density at radius 2 is 1.57 bits per heavy atom. The Morgan fingerprint density at radius 1 is 0.967 bits per heavy atom. The minimum atomic E-state index is -3.88. The second-order valence-corrected chi connectivity index (χ2v) is 9.22. The first-order valence-electron chi connectivity index (χ1n) is 10.2. The number of rotatable bonds is 7. The van der Waals surface area contributed by atoms with E-state index >= 15 is 0 Å². The Balaban J connectivity index is 1.60. The number of piperazine rings is 1. The summed E-state index contributed by atoms with van der Waals surface area (Å²) in [6.07, 6.45) is 1.66. The number of para-hydroxylation sites is 1. The van der Waals surface area contributed by atoms with Crippen LogP contribution >= 0.6 is 0 Å². The summed E-state index contributed by atoms with van der Waals surface area (Å²) in [7, 11) is -3.88. The molecule has 0 bridgehead atoms. The quantitative estimate of drug-likeness (QED) is 0.729. The van der Waals surface area contributed by atoms with Crippen LogP contribution in [0, 0.1) is 5.82 Å². The summed E-state index contributed by atoms with van der Waals surface area (Å²) in [5, 5.41) is 3.04. The van der Waals surface area contributed by atoms with Gasteiger partial charge in [-0.25, -0.2) is 12.8 Å². The van der Waals surface area contributed by atoms with E-state index in [9.17, 15) is 17.6 Å². The number of hydrogen-bond donors (Lipinski definition) is 1. The van der Waals surface area contributed by atoms with Crippen molar-refractivity contribution < 1.29 is 17.6 Å². The molecule has 0 spiro atoms. The Labute approximate surface area is 177 Å². The monoisotopic (exact) mass is 433 g/mol. The number of carbonyl (C=O) groups excluding carboxylic acids is 1. The van der Waals surface area contributed by atoms with Crippen LogP contribution < -0.4 is 5.32 Å². The van der Waals surface area contributed by atoms with Crippen molar-refractivity contribution in [3.8, 4) is 0 Å². The van der Waals surface area contributed by atoms with Gasteiger partial charge in [0, 0.05) is 31.9 Å². The van der Waals surface area contributed by atoms with E-state index < -0.39 is 15.8 Å². The number of halogens is 1. The molecule has 2 aromatic rings. The van der Waals surface area contributed by atoms with Crippen LogP contribution in [0.1, 0.15) is 25.0 Å². The largest absolute Gasteiger partial charge is 0.324 e. The van der Waals surface area contributed by atoms with Crippen LogP contribution in [-0.2, 0) is 27.7 Å². The Morgan fingerprint density at radius 3 is 2.13 bits per heavy atom. The molecule has 30 heavy (non-hydrogen) atoms. The standard InChI is InChI=1S/C22H28FN3O3S/c1-3-17-8-7-9-18(4-2)22(17)24-21(27)16-25-12-14-26(15-13-25)30(28,29)20-11-6-5-10-19(20)23/h5-11H,3-4,12-16H2,1-2H3,(H,24,27). The van der Waals surface area contributed by atoms with Crippen molar-refractivity contribution in [3.63, 3.8) is 0 Å². The Hall–Kier alpha value is -2.29. The zero-order valence-corrected chi connectivity index (χ0v) is 18.2. The molecule has 1 heterocycles. The van der Waals surface area contributed by atoms with E-state index in [0.717, 1.165) is 35.7 Å². The molecule has 1 aliphatic heterocycles. The smallest absolute Gasteiger partial charge is 0.246 e. The molecule has 0 atom stereocenters. The summed E-state index contributed by atoms with van der Waals surface area (Å²) in [5.41, 5.74) is 3.08. The van der Waals surface area contributed by atoms with Gasteiger partial charge in [0.05, 0.1) is 6.54 Å². The fourth-order valence-corrected chi connectivity index (χ4v) is 5.19. The van der Waals surface area contributed by atoms with Gasteiger partial charge in [-0.3, -0.25) is 9.69 Å². The summed E-state index contributed by atoms with van der Waals surface area (Å²) < 4.78 is 40.6. The number of nitrogens with zero attached hydrogens (tertiary/aromatic N) is 2. The van der Waals surface area contributed by atoms with E-state index in [1.54, 1.807) is 0 Å². The minimum Gasteiger partial charge on any atom is -0.324 e. The molecule has 0 unspecified atom stereocenters. The van der Waals surface area contributed by atoms with E-state index in [1.807, 2.05) is 23.1 Å². The lowest BCUT2D eigenvalue weighted by Crippen LogP contribution is -2.50. The Bertz CT molecular complexity index is 980. The van der Waals surface area contributed by atoms with Crippen LogP contribution in [0.5, 0.6) is 0 Å². The molecule has 1 fully saturated rings. The predicted molar refractivity (Wildman–Crippen MR) is 115 cm³/mol. The highest BCUT2D eigenvalue weighted by Crippen LogP contribution is 2.23. The molecule has 1 aliphatic rings. The third-order valence-corrected chi connectivity index (χ3v) is 7.35. The van der Waals surface area contributed by atoms with Crippen LogP contribution in [0.2, 0.25) is 0 Å². The summed E-state index contributed by atoms with van der Waals surface area (Å²) in [4.78, 5) is 14.2. The van der Waals surface area contributed by atoms with Gasteiger partial charge in [0.15, 0.2) is 0 Å². The molecule has 1 amide bonds. The maximum atomic E-state index is 14.0. The third kappa shape index (κ3) is 4.88. The average Bonchev–Trinajstić information content (AvgIpc) is 2.74. The number of anilines is 1. The van der Waals surface area contributed by atoms with Crippen LogP contribution in [0.3, 0.4) is 0 Å². The second-order valence-electron chi connectivity index (χ2n) is 7.32. The topological polar surface area (TPSA) is 69.7 Å². The number of sulfonamides is 1. The number of benzene rings is 2. The first-order chi connectivity index (χ1) is 14.4. The van der Waals surface area contributed by atoms with E-state index in [1.165, 1.54) is 22.5 Å². The lowest BCUT2D eigenvalue weighted by Gasteiger charge is -2.33. The summed E-state index contributed by atoms with van der Waals surface area (Å²) >= 11 is 0. The fraction of sp³-hybridized carbons (Fsp3) is 0.409. The van der Waals surface area contributed by atoms with Crippen LogP contribution in [0.15, 0.2) is 47.4 Å². The van der Waals surface area contributed by atoms with Gasteiger partial charge in [-0.1, -0.05) is 44.2 Å². The lowest BCUT2D eigenvalue weighted by molar-refractivity contribution is -0.117. The van der Waals surface area contributed by atoms with E-state index in [2.05, 4.69) is 19.2 Å². The number of hydrogen-bond acceptors (Lipinski definition) is 4. The molecule has 162 valence electrons. The summed E-state index contributed by atoms with van der Waals surface area (Å²) in [6.45, 7) is 5.56. The number of carbonyl (C=O) groups is 1. The zero-order chi connectivity index (χ0) is 21.7. The molecule has 1 N–H and O–H groups in total. The number of aryl methyl sites for hydroxylation is 2. The van der Waals surface area contributed by atoms with Gasteiger partial charge in [0.25, 0.3) is 0 Å². The molecule has 2 aromatic carbocycles. The highest BCUT2D eigenvalue weighted by molar-refractivity contribution is 7.89. The van der Waals surface area contributed by atoms with Crippen molar-refractivity contribution >= 4 is 21.6 Å². The molecule has 0 aromatic heterocycles. The van der Waals surface area contributed by atoms with Crippen molar-refractivity contribution in [3.05, 3.63) is 59.4 Å². The highest BCUT2D eigenvalue weighted by Gasteiger charge is 2.30. The molecule has 3 rings (SSSR count). The van der Waals surface area contributed by atoms with Crippen LogP contribution in [-0.4, -0.2) is 56.3 Å². The van der Waals surface area contributed by atoms with Crippen molar-refractivity contribution in [2.24, 2.45) is 0 Å². The van der Waals surface area contributed by atoms with Gasteiger partial charge >= 0.3 is 0 Å². The molecular formula is C22H28FN3O3S. The fourth-order valence-electron chi connectivity index (χ4n) is 3.71. The van der Waals surface area contributed by atoms with Crippen molar-refractivity contribution in [1.29, 1.82) is 0 Å². The molecular weight excluding hydrogens is 405 g/mol. The van der Waals surface area contributed by atoms with E-state index in [-0.39, 0.29) is 30.4 Å².